The van der Waals surface area contributed by atoms with Crippen molar-refractivity contribution in [3.63, 3.8) is 0 Å². The molecule has 0 aliphatic heterocycles. The van der Waals surface area contributed by atoms with Crippen LogP contribution in [0, 0.1) is 6.92 Å². The Balaban J connectivity index is 2.16. The van der Waals surface area contributed by atoms with Crippen LogP contribution in [0.1, 0.15) is 26.5 Å². The molecular weight excluding hydrogens is 196 g/mol. The molecule has 0 aliphatic rings. The van der Waals surface area contributed by atoms with E-state index in [1.54, 1.807) is 18.0 Å². The van der Waals surface area contributed by atoms with E-state index < -0.39 is 0 Å². The quantitative estimate of drug-likeness (QED) is 0.617. The molecule has 1 aromatic heterocycles. The van der Waals surface area contributed by atoms with Gasteiger partial charge in [-0.15, -0.1) is 0 Å². The molecular formula is C10H18N2OS. The number of oxazole rings is 1. The molecule has 0 saturated carbocycles. The van der Waals surface area contributed by atoms with E-state index in [4.69, 9.17) is 4.42 Å². The van der Waals surface area contributed by atoms with Gasteiger partial charge in [-0.1, -0.05) is 11.8 Å². The van der Waals surface area contributed by atoms with Crippen LogP contribution in [0.3, 0.4) is 0 Å². The predicted molar refractivity (Wildman–Crippen MR) is 59.7 cm³/mol. The van der Waals surface area contributed by atoms with Crippen molar-refractivity contribution in [3.8, 4) is 0 Å². The van der Waals surface area contributed by atoms with Crippen LogP contribution in [0.25, 0.3) is 0 Å². The van der Waals surface area contributed by atoms with Gasteiger partial charge in [0.1, 0.15) is 6.26 Å². The highest BCUT2D eigenvalue weighted by molar-refractivity contribution is 7.99. The molecule has 1 rings (SSSR count). The minimum Gasteiger partial charge on any atom is -0.440 e. The fourth-order valence-corrected chi connectivity index (χ4v) is 1.67. The number of rotatable bonds is 4. The maximum absolute atomic E-state index is 5.22. The Bertz CT molecular complexity index is 278. The lowest BCUT2D eigenvalue weighted by Crippen LogP contribution is -2.37. The molecule has 14 heavy (non-hydrogen) atoms. The number of hydrogen-bond acceptors (Lipinski definition) is 4. The Morgan fingerprint density at radius 2 is 2.21 bits per heavy atom. The minimum absolute atomic E-state index is 0.188. The number of thioether (sulfide) groups is 1. The van der Waals surface area contributed by atoms with E-state index in [0.717, 1.165) is 23.2 Å². The van der Waals surface area contributed by atoms with Crippen LogP contribution in [0.5, 0.6) is 0 Å². The van der Waals surface area contributed by atoms with Crippen molar-refractivity contribution in [2.75, 3.05) is 12.3 Å². The summed E-state index contributed by atoms with van der Waals surface area (Å²) < 4.78 is 5.22. The number of nitrogens with zero attached hydrogens (tertiary/aromatic N) is 1. The van der Waals surface area contributed by atoms with Crippen LogP contribution < -0.4 is 5.32 Å². The highest BCUT2D eigenvalue weighted by Gasteiger charge is 2.08. The van der Waals surface area contributed by atoms with Gasteiger partial charge < -0.3 is 9.73 Å². The van der Waals surface area contributed by atoms with Crippen molar-refractivity contribution in [1.82, 2.24) is 10.3 Å². The van der Waals surface area contributed by atoms with E-state index in [9.17, 15) is 0 Å². The lowest BCUT2D eigenvalue weighted by atomic mass is 10.1. The number of hydrogen-bond donors (Lipinski definition) is 1. The van der Waals surface area contributed by atoms with E-state index in [0.29, 0.717) is 0 Å². The molecule has 1 heterocycles. The topological polar surface area (TPSA) is 38.1 Å². The first-order valence-corrected chi connectivity index (χ1v) is 5.76. The van der Waals surface area contributed by atoms with Gasteiger partial charge in [0, 0.05) is 17.8 Å². The average molecular weight is 214 g/mol. The lowest BCUT2D eigenvalue weighted by Gasteiger charge is -2.19. The Kier molecular flexibility index (Phi) is 4.01. The second-order valence-corrected chi connectivity index (χ2v) is 5.33. The highest BCUT2D eigenvalue weighted by atomic mass is 32.2. The SMILES string of the molecule is Cc1coc(SCCNC(C)(C)C)n1. The molecule has 0 unspecified atom stereocenters. The smallest absolute Gasteiger partial charge is 0.255 e. The molecule has 1 aromatic rings. The number of nitrogens with one attached hydrogen (secondary N) is 1. The average Bonchev–Trinajstić information content (AvgIpc) is 2.44. The molecule has 0 aromatic carbocycles. The Morgan fingerprint density at radius 3 is 2.71 bits per heavy atom. The summed E-state index contributed by atoms with van der Waals surface area (Å²) in [5, 5.41) is 4.17. The standard InChI is InChI=1S/C10H18N2OS/c1-8-7-13-9(12-8)14-6-5-11-10(2,3)4/h7,11H,5-6H2,1-4H3. The van der Waals surface area contributed by atoms with Gasteiger partial charge in [0.15, 0.2) is 0 Å². The van der Waals surface area contributed by atoms with E-state index in [1.807, 2.05) is 6.92 Å². The summed E-state index contributed by atoms with van der Waals surface area (Å²) in [6.07, 6.45) is 1.68. The van der Waals surface area contributed by atoms with Gasteiger partial charge in [-0.3, -0.25) is 0 Å². The molecule has 0 saturated heterocycles. The first kappa shape index (κ1) is 11.6. The molecule has 3 nitrogen and oxygen atoms in total. The van der Waals surface area contributed by atoms with Crippen molar-refractivity contribution >= 4 is 11.8 Å². The molecule has 1 N–H and O–H groups in total. The van der Waals surface area contributed by atoms with Crippen LogP contribution >= 0.6 is 11.8 Å². The van der Waals surface area contributed by atoms with Crippen molar-refractivity contribution in [2.45, 2.75) is 38.5 Å². The number of aryl methyl sites for hydroxylation is 1. The second kappa shape index (κ2) is 4.84. The molecule has 0 bridgehead atoms. The monoisotopic (exact) mass is 214 g/mol. The van der Waals surface area contributed by atoms with Crippen LogP contribution in [-0.2, 0) is 0 Å². The van der Waals surface area contributed by atoms with Gasteiger partial charge in [-0.05, 0) is 27.7 Å². The van der Waals surface area contributed by atoms with Gasteiger partial charge >= 0.3 is 0 Å². The normalized spacial score (nSPS) is 12.0. The van der Waals surface area contributed by atoms with Crippen molar-refractivity contribution < 1.29 is 4.42 Å². The van der Waals surface area contributed by atoms with Gasteiger partial charge in [-0.25, -0.2) is 4.98 Å². The molecule has 0 amide bonds. The first-order chi connectivity index (χ1) is 6.47. The maximum atomic E-state index is 5.22. The second-order valence-electron chi connectivity index (χ2n) is 4.28. The Morgan fingerprint density at radius 1 is 1.50 bits per heavy atom. The van der Waals surface area contributed by atoms with E-state index in [2.05, 4.69) is 31.1 Å². The van der Waals surface area contributed by atoms with Crippen LogP contribution in [0.15, 0.2) is 15.9 Å². The number of aromatic nitrogens is 1. The summed E-state index contributed by atoms with van der Waals surface area (Å²) in [6.45, 7) is 9.38. The Labute approximate surface area is 89.7 Å². The summed E-state index contributed by atoms with van der Waals surface area (Å²) in [4.78, 5) is 4.21. The fraction of sp³-hybridized carbons (Fsp3) is 0.700. The minimum atomic E-state index is 0.188. The summed E-state index contributed by atoms with van der Waals surface area (Å²) in [5.74, 6) is 0.983. The molecule has 0 spiro atoms. The van der Waals surface area contributed by atoms with E-state index >= 15 is 0 Å². The van der Waals surface area contributed by atoms with Crippen molar-refractivity contribution in [1.29, 1.82) is 0 Å². The van der Waals surface area contributed by atoms with Crippen molar-refractivity contribution in [2.24, 2.45) is 0 Å². The van der Waals surface area contributed by atoms with Crippen LogP contribution in [-0.4, -0.2) is 22.8 Å². The fourth-order valence-electron chi connectivity index (χ4n) is 0.963. The highest BCUT2D eigenvalue weighted by Crippen LogP contribution is 2.15. The van der Waals surface area contributed by atoms with E-state index in [1.165, 1.54) is 0 Å². The van der Waals surface area contributed by atoms with E-state index in [-0.39, 0.29) is 5.54 Å². The van der Waals surface area contributed by atoms with Crippen LogP contribution in [0.2, 0.25) is 0 Å². The first-order valence-electron chi connectivity index (χ1n) is 4.77. The van der Waals surface area contributed by atoms with Crippen LogP contribution in [0.4, 0.5) is 0 Å². The summed E-state index contributed by atoms with van der Waals surface area (Å²) in [7, 11) is 0. The lowest BCUT2D eigenvalue weighted by molar-refractivity contribution is 0.437. The third-order valence-electron chi connectivity index (χ3n) is 1.58. The molecule has 0 radical (unpaired) electrons. The zero-order valence-electron chi connectivity index (χ0n) is 9.26. The molecule has 0 aliphatic carbocycles. The largest absolute Gasteiger partial charge is 0.440 e. The van der Waals surface area contributed by atoms with Gasteiger partial charge in [0.25, 0.3) is 5.22 Å². The van der Waals surface area contributed by atoms with Gasteiger partial charge in [0.05, 0.1) is 5.69 Å². The zero-order chi connectivity index (χ0) is 10.6. The van der Waals surface area contributed by atoms with Gasteiger partial charge in [0.2, 0.25) is 0 Å². The van der Waals surface area contributed by atoms with Gasteiger partial charge in [-0.2, -0.15) is 0 Å². The summed E-state index contributed by atoms with van der Waals surface area (Å²) in [6, 6.07) is 0. The molecule has 80 valence electrons. The summed E-state index contributed by atoms with van der Waals surface area (Å²) in [5.41, 5.74) is 1.13. The zero-order valence-corrected chi connectivity index (χ0v) is 10.1. The third kappa shape index (κ3) is 4.67. The molecule has 4 heteroatoms. The van der Waals surface area contributed by atoms with Crippen molar-refractivity contribution in [3.05, 3.63) is 12.0 Å². The predicted octanol–water partition coefficient (Wildman–Crippen LogP) is 2.46. The maximum Gasteiger partial charge on any atom is 0.255 e. The molecule has 0 fully saturated rings. The molecule has 0 atom stereocenters. The third-order valence-corrected chi connectivity index (χ3v) is 2.42. The summed E-state index contributed by atoms with van der Waals surface area (Å²) >= 11 is 1.64. The Hall–Kier alpha value is -0.480.